The molecule has 0 saturated carbocycles. The molecule has 0 aliphatic carbocycles. The number of carbonyl (C=O) groups excluding carboxylic acids is 1. The summed E-state index contributed by atoms with van der Waals surface area (Å²) in [5.41, 5.74) is 0.0952. The van der Waals surface area contributed by atoms with Gasteiger partial charge in [0.05, 0.1) is 12.7 Å². The van der Waals surface area contributed by atoms with E-state index in [1.54, 1.807) is 18.4 Å². The molecular weight excluding hydrogens is 534 g/mol. The van der Waals surface area contributed by atoms with Gasteiger partial charge in [-0.15, -0.1) is 11.3 Å². The van der Waals surface area contributed by atoms with Crippen LogP contribution in [-0.2, 0) is 10.4 Å². The molecule has 0 unspecified atom stereocenters. The third-order valence-corrected chi connectivity index (χ3v) is 8.25. The van der Waals surface area contributed by atoms with Gasteiger partial charge in [0.1, 0.15) is 35.4 Å². The zero-order chi connectivity index (χ0) is 29.4. The predicted molar refractivity (Wildman–Crippen MR) is 168 cm³/mol. The molecule has 1 aliphatic heterocycles. The van der Waals surface area contributed by atoms with Gasteiger partial charge >= 0.3 is 0 Å². The van der Waals surface area contributed by atoms with Crippen LogP contribution in [0, 0.1) is 0 Å². The summed E-state index contributed by atoms with van der Waals surface area (Å²) in [5.74, 6) is 3.34. The van der Waals surface area contributed by atoms with Crippen LogP contribution in [0.5, 0.6) is 23.0 Å². The number of hydrogen-bond donors (Lipinski definition) is 1. The highest BCUT2D eigenvalue weighted by molar-refractivity contribution is 7.15. The van der Waals surface area contributed by atoms with E-state index in [2.05, 4.69) is 23.1 Å². The molecule has 0 spiro atoms. The van der Waals surface area contributed by atoms with Crippen LogP contribution in [0.2, 0.25) is 0 Å². The molecule has 3 aromatic carbocycles. The Morgan fingerprint density at radius 1 is 0.902 bits per heavy atom. The molecule has 7 heteroatoms. The lowest BCUT2D eigenvalue weighted by molar-refractivity contribution is -0.115. The second-order valence-electron chi connectivity index (χ2n) is 11.0. The van der Waals surface area contributed by atoms with Gasteiger partial charge in [-0.3, -0.25) is 4.90 Å². The van der Waals surface area contributed by atoms with Gasteiger partial charge in [-0.1, -0.05) is 12.5 Å². The van der Waals surface area contributed by atoms with Crippen LogP contribution >= 0.6 is 11.3 Å². The van der Waals surface area contributed by atoms with Crippen LogP contribution in [0.25, 0.3) is 21.2 Å². The Hall–Kier alpha value is -3.39. The number of thiophene rings is 1. The summed E-state index contributed by atoms with van der Waals surface area (Å²) in [6.07, 6.45) is 3.93. The number of nitrogens with zero attached hydrogens (tertiary/aromatic N) is 1. The van der Waals surface area contributed by atoms with E-state index in [9.17, 15) is 9.90 Å². The maximum absolute atomic E-state index is 10.5. The number of ether oxygens (including phenoxy) is 3. The fourth-order valence-corrected chi connectivity index (χ4v) is 5.75. The third-order valence-electron chi connectivity index (χ3n) is 6.82. The van der Waals surface area contributed by atoms with Crippen molar-refractivity contribution in [1.82, 2.24) is 4.90 Å². The topological polar surface area (TPSA) is 68.2 Å². The smallest absolute Gasteiger partial charge is 0.143 e. The van der Waals surface area contributed by atoms with Gasteiger partial charge in [0.2, 0.25) is 0 Å². The molecule has 0 bridgehead atoms. The summed E-state index contributed by atoms with van der Waals surface area (Å²) in [5, 5.41) is 12.5. The number of piperidine rings is 1. The Kier molecular flexibility index (Phi) is 10.4. The number of hydrogen-bond acceptors (Lipinski definition) is 7. The lowest BCUT2D eigenvalue weighted by Crippen LogP contribution is -2.33. The van der Waals surface area contributed by atoms with E-state index < -0.39 is 5.60 Å². The average molecular weight is 576 g/mol. The monoisotopic (exact) mass is 575 g/mol. The molecule has 6 nitrogen and oxygen atoms in total. The summed E-state index contributed by atoms with van der Waals surface area (Å²) in [7, 11) is 1.67. The highest BCUT2D eigenvalue weighted by Crippen LogP contribution is 2.44. The van der Waals surface area contributed by atoms with Crippen LogP contribution in [0.15, 0.2) is 66.7 Å². The predicted octanol–water partition coefficient (Wildman–Crippen LogP) is 8.06. The molecule has 1 N–H and O–H groups in total. The van der Waals surface area contributed by atoms with Crippen molar-refractivity contribution in [1.29, 1.82) is 0 Å². The van der Waals surface area contributed by atoms with Crippen molar-refractivity contribution in [2.45, 2.75) is 52.6 Å². The van der Waals surface area contributed by atoms with Crippen LogP contribution in [0.4, 0.5) is 0 Å². The maximum Gasteiger partial charge on any atom is 0.143 e. The summed E-state index contributed by atoms with van der Waals surface area (Å²) in [4.78, 5) is 13.9. The Morgan fingerprint density at radius 2 is 1.56 bits per heavy atom. The number of aliphatic hydroxyl groups is 1. The Bertz CT molecular complexity index is 1430. The average Bonchev–Trinajstić information content (AvgIpc) is 3.45. The first kappa shape index (κ1) is 30.6. The molecular formula is C34H41NO5S. The van der Waals surface area contributed by atoms with Gasteiger partial charge in [0.25, 0.3) is 0 Å². The van der Waals surface area contributed by atoms with Crippen LogP contribution in [0.3, 0.4) is 0 Å². The standard InChI is InChI=1S/C31H35NO4S.C3H6O/c1-31(2,33)29-16-15-28(37-29)27-13-7-22-21-25(34-3)12-14-26(22)30(27)36-24-10-8-23(9-11-24)35-20-19-32-17-5-4-6-18-32;1-3(2)4/h7-16,21,33H,4-6,17-20H2,1-3H3;1-2H3. The number of Topliss-reactive ketones (excluding diaryl/α,β-unsaturated/α-hetero) is 1. The van der Waals surface area contributed by atoms with E-state index in [0.717, 1.165) is 55.6 Å². The van der Waals surface area contributed by atoms with Crippen molar-refractivity contribution in [3.63, 3.8) is 0 Å². The van der Waals surface area contributed by atoms with E-state index in [1.165, 1.54) is 46.2 Å². The molecule has 1 fully saturated rings. The van der Waals surface area contributed by atoms with Crippen molar-refractivity contribution >= 4 is 27.9 Å². The third kappa shape index (κ3) is 8.55. The summed E-state index contributed by atoms with van der Waals surface area (Å²) in [6, 6.07) is 22.1. The normalized spacial score (nSPS) is 13.8. The van der Waals surface area contributed by atoms with Crippen molar-refractivity contribution in [3.8, 4) is 33.4 Å². The van der Waals surface area contributed by atoms with E-state index in [1.807, 2.05) is 62.4 Å². The maximum atomic E-state index is 10.5. The number of carbonyl (C=O) groups is 1. The molecule has 0 amide bonds. The quantitative estimate of drug-likeness (QED) is 0.218. The first-order valence-corrected chi connectivity index (χ1v) is 15.0. The fraction of sp³-hybridized carbons (Fsp3) is 0.382. The minimum Gasteiger partial charge on any atom is -0.497 e. The van der Waals surface area contributed by atoms with Gasteiger partial charge in [0.15, 0.2) is 0 Å². The summed E-state index contributed by atoms with van der Waals surface area (Å²) >= 11 is 1.58. The molecule has 2 heterocycles. The van der Waals surface area contributed by atoms with Gasteiger partial charge in [-0.25, -0.2) is 0 Å². The fourth-order valence-electron chi connectivity index (χ4n) is 4.72. The van der Waals surface area contributed by atoms with Gasteiger partial charge in [-0.05, 0) is 120 Å². The van der Waals surface area contributed by atoms with E-state index >= 15 is 0 Å². The molecule has 1 aromatic heterocycles. The highest BCUT2D eigenvalue weighted by Gasteiger charge is 2.21. The number of likely N-dealkylation sites (tertiary alicyclic amines) is 1. The summed E-state index contributed by atoms with van der Waals surface area (Å²) in [6.45, 7) is 10.7. The first-order valence-electron chi connectivity index (χ1n) is 14.2. The number of benzene rings is 3. The van der Waals surface area contributed by atoms with Crippen molar-refractivity contribution in [2.75, 3.05) is 33.4 Å². The number of ketones is 1. The first-order chi connectivity index (χ1) is 19.6. The number of methoxy groups -OCH3 is 1. The molecule has 218 valence electrons. The Balaban J connectivity index is 0.000000909. The van der Waals surface area contributed by atoms with E-state index in [4.69, 9.17) is 14.2 Å². The Labute approximate surface area is 247 Å². The summed E-state index contributed by atoms with van der Waals surface area (Å²) < 4.78 is 18.0. The van der Waals surface area contributed by atoms with Crippen LogP contribution < -0.4 is 14.2 Å². The minimum atomic E-state index is -0.891. The second-order valence-corrected chi connectivity index (χ2v) is 12.1. The van der Waals surface area contributed by atoms with Crippen LogP contribution in [0.1, 0.15) is 51.8 Å². The van der Waals surface area contributed by atoms with Crippen LogP contribution in [-0.4, -0.2) is 49.1 Å². The molecule has 0 radical (unpaired) electrons. The Morgan fingerprint density at radius 3 is 2.20 bits per heavy atom. The number of fused-ring (bicyclic) bond motifs is 1. The molecule has 1 aliphatic rings. The number of rotatable bonds is 9. The van der Waals surface area contributed by atoms with Gasteiger partial charge in [0, 0.05) is 27.2 Å². The minimum absolute atomic E-state index is 0.167. The second kappa shape index (κ2) is 14.0. The van der Waals surface area contributed by atoms with E-state index in [-0.39, 0.29) is 5.78 Å². The molecule has 5 rings (SSSR count). The zero-order valence-electron chi connectivity index (χ0n) is 24.7. The molecule has 1 saturated heterocycles. The molecule has 41 heavy (non-hydrogen) atoms. The van der Waals surface area contributed by atoms with Gasteiger partial charge < -0.3 is 24.1 Å². The van der Waals surface area contributed by atoms with Crippen molar-refractivity contribution in [3.05, 3.63) is 71.6 Å². The zero-order valence-corrected chi connectivity index (χ0v) is 25.6. The van der Waals surface area contributed by atoms with E-state index in [0.29, 0.717) is 6.61 Å². The highest BCUT2D eigenvalue weighted by atomic mass is 32.1. The van der Waals surface area contributed by atoms with Crippen molar-refractivity contribution < 1.29 is 24.1 Å². The lowest BCUT2D eigenvalue weighted by Gasteiger charge is -2.26. The largest absolute Gasteiger partial charge is 0.497 e. The SMILES string of the molecule is CC(C)=O.COc1ccc2c(Oc3ccc(OCCN4CCCCC4)cc3)c(-c3ccc(C(C)(C)O)s3)ccc2c1. The van der Waals surface area contributed by atoms with Gasteiger partial charge in [-0.2, -0.15) is 0 Å². The van der Waals surface area contributed by atoms with Crippen molar-refractivity contribution in [2.24, 2.45) is 0 Å². The molecule has 4 aromatic rings. The lowest BCUT2D eigenvalue weighted by atomic mass is 10.0. The molecule has 0 atom stereocenters.